The van der Waals surface area contributed by atoms with Crippen LogP contribution in [0.4, 0.5) is 8.78 Å². The smallest absolute Gasteiger partial charge is 0.387 e. The van der Waals surface area contributed by atoms with Gasteiger partial charge in [-0.2, -0.15) is 14.0 Å². The van der Waals surface area contributed by atoms with E-state index in [0.717, 1.165) is 0 Å². The summed E-state index contributed by atoms with van der Waals surface area (Å²) in [5.41, 5.74) is 0.128. The maximum Gasteiger partial charge on any atom is 0.387 e. The number of rotatable bonds is 8. The van der Waals surface area contributed by atoms with Crippen LogP contribution in [0, 0.1) is 11.3 Å². The van der Waals surface area contributed by atoms with Crippen molar-refractivity contribution in [3.63, 3.8) is 0 Å². The van der Waals surface area contributed by atoms with E-state index in [1.165, 1.54) is 38.7 Å². The third-order valence-electron chi connectivity index (χ3n) is 3.37. The fourth-order valence-electron chi connectivity index (χ4n) is 2.18. The molecule has 0 aliphatic heterocycles. The predicted octanol–water partition coefficient (Wildman–Crippen LogP) is 3.12. The van der Waals surface area contributed by atoms with Gasteiger partial charge in [0, 0.05) is 0 Å². The van der Waals surface area contributed by atoms with Crippen molar-refractivity contribution in [3.8, 4) is 23.3 Å². The molecule has 0 aliphatic carbocycles. The van der Waals surface area contributed by atoms with E-state index in [4.69, 9.17) is 13.9 Å². The van der Waals surface area contributed by atoms with Crippen LogP contribution in [-0.4, -0.2) is 26.7 Å². The van der Waals surface area contributed by atoms with E-state index in [0.29, 0.717) is 11.3 Å². The lowest BCUT2D eigenvalue weighted by molar-refractivity contribution is -0.117. The van der Waals surface area contributed by atoms with E-state index in [2.05, 4.69) is 10.1 Å². The number of alkyl halides is 2. The third-order valence-corrected chi connectivity index (χ3v) is 3.37. The van der Waals surface area contributed by atoms with Crippen LogP contribution >= 0.6 is 0 Å². The lowest BCUT2D eigenvalue weighted by Gasteiger charge is -2.14. The third kappa shape index (κ3) is 5.22. The van der Waals surface area contributed by atoms with Crippen molar-refractivity contribution in [3.05, 3.63) is 47.4 Å². The van der Waals surface area contributed by atoms with Gasteiger partial charge in [0.25, 0.3) is 5.91 Å². The summed E-state index contributed by atoms with van der Waals surface area (Å²) in [5.74, 6) is -0.450. The number of nitriles is 1. The van der Waals surface area contributed by atoms with Gasteiger partial charge in [0.1, 0.15) is 17.4 Å². The molecule has 1 aromatic heterocycles. The molecule has 142 valence electrons. The first-order valence-corrected chi connectivity index (χ1v) is 7.61. The van der Waals surface area contributed by atoms with Crippen LogP contribution in [0.15, 0.2) is 40.5 Å². The van der Waals surface area contributed by atoms with Crippen LogP contribution in [0.3, 0.4) is 0 Å². The Morgan fingerprint density at radius 1 is 1.33 bits per heavy atom. The summed E-state index contributed by atoms with van der Waals surface area (Å²) < 4.78 is 44.7. The average Bonchev–Trinajstić information content (AvgIpc) is 3.17. The summed E-state index contributed by atoms with van der Waals surface area (Å²) in [7, 11) is 2.53. The van der Waals surface area contributed by atoms with Crippen molar-refractivity contribution in [1.82, 2.24) is 5.32 Å². The Bertz CT molecular complexity index is 832. The zero-order chi connectivity index (χ0) is 19.8. The number of carbonyl (C=O) groups excluding carboxylic acids is 1. The van der Waals surface area contributed by atoms with Gasteiger partial charge < -0.3 is 23.9 Å². The zero-order valence-corrected chi connectivity index (χ0v) is 14.5. The van der Waals surface area contributed by atoms with Gasteiger partial charge in [0.05, 0.1) is 27.0 Å². The lowest BCUT2D eigenvalue weighted by atomic mass is 10.1. The van der Waals surface area contributed by atoms with Crippen molar-refractivity contribution < 1.29 is 32.2 Å². The number of hydrogen-bond acceptors (Lipinski definition) is 6. The summed E-state index contributed by atoms with van der Waals surface area (Å²) in [5, 5.41) is 11.8. The normalized spacial score (nSPS) is 11.0. The van der Waals surface area contributed by atoms with Gasteiger partial charge in [-0.3, -0.25) is 4.79 Å². The number of benzene rings is 1. The van der Waals surface area contributed by atoms with E-state index >= 15 is 0 Å². The standard InChI is InChI=1S/C18H16F2N2O5/c1-24-14-7-11(8-15(25-2)16(14)27-18(19)20)6-12(9-21)17(23)22-10-13-4-3-5-26-13/h3-8,18H,10H2,1-2H3,(H,22,23)/b12-6+. The molecule has 0 saturated heterocycles. The first kappa shape index (κ1) is 19.8. The van der Waals surface area contributed by atoms with Crippen LogP contribution in [0.5, 0.6) is 17.2 Å². The number of furan rings is 1. The Labute approximate surface area is 153 Å². The van der Waals surface area contributed by atoms with Gasteiger partial charge in [-0.05, 0) is 35.9 Å². The van der Waals surface area contributed by atoms with Crippen LogP contribution in [0.25, 0.3) is 6.08 Å². The molecule has 9 heteroatoms. The predicted molar refractivity (Wildman–Crippen MR) is 90.3 cm³/mol. The fourth-order valence-corrected chi connectivity index (χ4v) is 2.18. The molecule has 0 bridgehead atoms. The highest BCUT2D eigenvalue weighted by Gasteiger charge is 2.18. The monoisotopic (exact) mass is 378 g/mol. The first-order valence-electron chi connectivity index (χ1n) is 7.61. The number of hydrogen-bond donors (Lipinski definition) is 1. The number of nitrogens with one attached hydrogen (secondary N) is 1. The number of ether oxygens (including phenoxy) is 3. The molecule has 0 fully saturated rings. The highest BCUT2D eigenvalue weighted by Crippen LogP contribution is 2.40. The minimum atomic E-state index is -3.07. The quantitative estimate of drug-likeness (QED) is 0.560. The molecule has 0 atom stereocenters. The van der Waals surface area contributed by atoms with E-state index in [1.54, 1.807) is 18.2 Å². The van der Waals surface area contributed by atoms with E-state index in [9.17, 15) is 18.8 Å². The molecular formula is C18H16F2N2O5. The number of carbonyl (C=O) groups is 1. The van der Waals surface area contributed by atoms with E-state index in [-0.39, 0.29) is 29.4 Å². The Balaban J connectivity index is 2.28. The molecule has 0 unspecified atom stereocenters. The minimum Gasteiger partial charge on any atom is -0.493 e. The van der Waals surface area contributed by atoms with Crippen molar-refractivity contribution in [1.29, 1.82) is 5.26 Å². The summed E-state index contributed by atoms with van der Waals surface area (Å²) in [6.45, 7) is -2.96. The number of nitrogens with zero attached hydrogens (tertiary/aromatic N) is 1. The van der Waals surface area contributed by atoms with Gasteiger partial charge in [-0.1, -0.05) is 0 Å². The first-order chi connectivity index (χ1) is 13.0. The van der Waals surface area contributed by atoms with Crippen LogP contribution in [-0.2, 0) is 11.3 Å². The molecule has 0 aliphatic rings. The Kier molecular flexibility index (Phi) is 6.77. The largest absolute Gasteiger partial charge is 0.493 e. The molecule has 1 heterocycles. The summed E-state index contributed by atoms with van der Waals surface area (Å²) in [6, 6.07) is 7.82. The fraction of sp³-hybridized carbons (Fsp3) is 0.222. The number of amides is 1. The topological polar surface area (TPSA) is 93.7 Å². The number of methoxy groups -OCH3 is 2. The van der Waals surface area contributed by atoms with Crippen LogP contribution in [0.1, 0.15) is 11.3 Å². The lowest BCUT2D eigenvalue weighted by Crippen LogP contribution is -2.23. The second kappa shape index (κ2) is 9.24. The van der Waals surface area contributed by atoms with Gasteiger partial charge in [0.2, 0.25) is 5.75 Å². The van der Waals surface area contributed by atoms with Gasteiger partial charge >= 0.3 is 6.61 Å². The zero-order valence-electron chi connectivity index (χ0n) is 14.5. The molecule has 0 saturated carbocycles. The van der Waals surface area contributed by atoms with Gasteiger partial charge in [0.15, 0.2) is 11.5 Å². The number of halogens is 2. The van der Waals surface area contributed by atoms with Crippen molar-refractivity contribution in [2.24, 2.45) is 0 Å². The molecular weight excluding hydrogens is 362 g/mol. The van der Waals surface area contributed by atoms with Crippen molar-refractivity contribution in [2.75, 3.05) is 14.2 Å². The van der Waals surface area contributed by atoms with Crippen molar-refractivity contribution >= 4 is 12.0 Å². The summed E-state index contributed by atoms with van der Waals surface area (Å²) in [6.07, 6.45) is 2.73. The maximum absolute atomic E-state index is 12.6. The summed E-state index contributed by atoms with van der Waals surface area (Å²) >= 11 is 0. The van der Waals surface area contributed by atoms with Crippen LogP contribution < -0.4 is 19.5 Å². The average molecular weight is 378 g/mol. The molecule has 0 spiro atoms. The highest BCUT2D eigenvalue weighted by atomic mass is 19.3. The molecule has 2 aromatic rings. The van der Waals surface area contributed by atoms with Crippen LogP contribution in [0.2, 0.25) is 0 Å². The second-order valence-electron chi connectivity index (χ2n) is 5.06. The maximum atomic E-state index is 12.6. The minimum absolute atomic E-state index is 0.0332. The van der Waals surface area contributed by atoms with E-state index < -0.39 is 12.5 Å². The van der Waals surface area contributed by atoms with Gasteiger partial charge in [-0.15, -0.1) is 0 Å². The molecule has 27 heavy (non-hydrogen) atoms. The molecule has 1 N–H and O–H groups in total. The molecule has 1 aromatic carbocycles. The molecule has 7 nitrogen and oxygen atoms in total. The Morgan fingerprint density at radius 2 is 2.00 bits per heavy atom. The molecule has 2 rings (SSSR count). The second-order valence-corrected chi connectivity index (χ2v) is 5.06. The molecule has 1 amide bonds. The van der Waals surface area contributed by atoms with Gasteiger partial charge in [-0.25, -0.2) is 0 Å². The summed E-state index contributed by atoms with van der Waals surface area (Å²) in [4.78, 5) is 12.2. The molecule has 0 radical (unpaired) electrons. The Hall–Kier alpha value is -3.54. The van der Waals surface area contributed by atoms with Crippen molar-refractivity contribution in [2.45, 2.75) is 13.2 Å². The highest BCUT2D eigenvalue weighted by molar-refractivity contribution is 6.01. The SMILES string of the molecule is COc1cc(/C=C(\C#N)C(=O)NCc2ccco2)cc(OC)c1OC(F)F. The Morgan fingerprint density at radius 3 is 2.48 bits per heavy atom. The van der Waals surface area contributed by atoms with E-state index in [1.807, 2.05) is 0 Å².